The van der Waals surface area contributed by atoms with Gasteiger partial charge in [0.25, 0.3) is 5.91 Å². The molecule has 1 aliphatic heterocycles. The summed E-state index contributed by atoms with van der Waals surface area (Å²) in [6.45, 7) is 8.04. The first-order valence-corrected chi connectivity index (χ1v) is 12.0. The Morgan fingerprint density at radius 1 is 1.18 bits per heavy atom. The van der Waals surface area contributed by atoms with Crippen LogP contribution in [-0.4, -0.2) is 71.4 Å². The van der Waals surface area contributed by atoms with Crippen LogP contribution in [0.15, 0.2) is 22.9 Å². The number of carboxylic acids is 1. The topological polar surface area (TPSA) is 127 Å². The van der Waals surface area contributed by atoms with Gasteiger partial charge in [-0.2, -0.15) is 0 Å². The fourth-order valence-electron chi connectivity index (χ4n) is 3.70. The number of aromatic nitrogens is 2. The average Bonchev–Trinajstić information content (AvgIpc) is 3.50. The lowest BCUT2D eigenvalue weighted by Crippen LogP contribution is -2.34. The molecule has 0 saturated carbocycles. The van der Waals surface area contributed by atoms with Crippen LogP contribution >= 0.6 is 0 Å². The first kappa shape index (κ1) is 25.5. The Morgan fingerprint density at radius 2 is 1.91 bits per heavy atom. The first-order valence-electron chi connectivity index (χ1n) is 12.0. The van der Waals surface area contributed by atoms with Gasteiger partial charge in [0.1, 0.15) is 5.69 Å². The van der Waals surface area contributed by atoms with Gasteiger partial charge in [0.2, 0.25) is 5.76 Å². The van der Waals surface area contributed by atoms with Crippen molar-refractivity contribution in [1.29, 1.82) is 0 Å². The second kappa shape index (κ2) is 12.9. The zero-order valence-electron chi connectivity index (χ0n) is 19.9. The number of aromatic carboxylic acids is 1. The highest BCUT2D eigenvalue weighted by Gasteiger charge is 2.27. The Morgan fingerprint density at radius 3 is 2.59 bits per heavy atom. The molecule has 0 radical (unpaired) electrons. The third-order valence-corrected chi connectivity index (χ3v) is 5.72. The molecule has 1 amide bonds. The lowest BCUT2D eigenvalue weighted by Gasteiger charge is -2.16. The number of unbranched alkanes of at least 4 members (excludes halogenated alkanes) is 2. The molecule has 1 fully saturated rings. The predicted octanol–water partition coefficient (Wildman–Crippen LogP) is 3.34. The number of carboxylic acid groups (broad SMARTS) is 1. The summed E-state index contributed by atoms with van der Waals surface area (Å²) in [5.41, 5.74) is 0.947. The van der Waals surface area contributed by atoms with Crippen LogP contribution in [-0.2, 0) is 0 Å². The van der Waals surface area contributed by atoms with Crippen LogP contribution in [0.1, 0.15) is 78.6 Å². The molecule has 0 aromatic carbocycles. The summed E-state index contributed by atoms with van der Waals surface area (Å²) in [4.78, 5) is 30.1. The van der Waals surface area contributed by atoms with E-state index < -0.39 is 5.97 Å². The third-order valence-electron chi connectivity index (χ3n) is 5.72. The second-order valence-electron chi connectivity index (χ2n) is 8.38. The van der Waals surface area contributed by atoms with Crippen LogP contribution in [0.4, 0.5) is 0 Å². The summed E-state index contributed by atoms with van der Waals surface area (Å²) in [6.07, 6.45) is 6.31. The lowest BCUT2D eigenvalue weighted by atomic mass is 10.1. The molecule has 10 heteroatoms. The molecule has 2 aromatic heterocycles. The van der Waals surface area contributed by atoms with E-state index in [1.165, 1.54) is 6.07 Å². The smallest absolute Gasteiger partial charge is 0.374 e. The van der Waals surface area contributed by atoms with Gasteiger partial charge < -0.3 is 29.3 Å². The molecule has 186 valence electrons. The molecule has 2 N–H and O–H groups in total. The highest BCUT2D eigenvalue weighted by molar-refractivity contribution is 5.92. The summed E-state index contributed by atoms with van der Waals surface area (Å²) in [5.74, 6) is -0.308. The number of nitrogens with one attached hydrogen (secondary N) is 1. The maximum Gasteiger partial charge on any atom is 0.374 e. The van der Waals surface area contributed by atoms with E-state index in [1.54, 1.807) is 12.3 Å². The number of ether oxygens (including phenoxy) is 2. The first-order chi connectivity index (χ1) is 16.5. The maximum absolute atomic E-state index is 12.7. The SMILES string of the molecule is CCCCOc1cnc(C(=O)NCCN2CC[C@@H](c3cc(C(=O)O)on3)C2)cc1OCCCC. The summed E-state index contributed by atoms with van der Waals surface area (Å²) < 4.78 is 16.5. The molecule has 2 aromatic rings. The molecule has 0 spiro atoms. The zero-order chi connectivity index (χ0) is 24.3. The van der Waals surface area contributed by atoms with Gasteiger partial charge in [-0.25, -0.2) is 9.78 Å². The Hall–Kier alpha value is -3.14. The fraction of sp³-hybridized carbons (Fsp3) is 0.583. The molecule has 0 aliphatic carbocycles. The average molecular weight is 475 g/mol. The zero-order valence-corrected chi connectivity index (χ0v) is 19.9. The van der Waals surface area contributed by atoms with Gasteiger partial charge in [-0.1, -0.05) is 31.8 Å². The van der Waals surface area contributed by atoms with Gasteiger partial charge in [-0.05, 0) is 25.8 Å². The summed E-state index contributed by atoms with van der Waals surface area (Å²) in [7, 11) is 0. The molecule has 1 aliphatic rings. The maximum atomic E-state index is 12.7. The van der Waals surface area contributed by atoms with Crippen molar-refractivity contribution in [2.24, 2.45) is 0 Å². The predicted molar refractivity (Wildman–Crippen MR) is 125 cm³/mol. The monoisotopic (exact) mass is 474 g/mol. The Balaban J connectivity index is 1.49. The van der Waals surface area contributed by atoms with Gasteiger partial charge in [0.15, 0.2) is 11.5 Å². The van der Waals surface area contributed by atoms with Crippen molar-refractivity contribution in [3.05, 3.63) is 35.5 Å². The Bertz CT molecular complexity index is 947. The van der Waals surface area contributed by atoms with Crippen molar-refractivity contribution in [1.82, 2.24) is 20.4 Å². The minimum absolute atomic E-state index is 0.122. The minimum Gasteiger partial charge on any atom is -0.490 e. The molecule has 1 saturated heterocycles. The van der Waals surface area contributed by atoms with E-state index in [1.807, 2.05) is 0 Å². The van der Waals surface area contributed by atoms with Crippen molar-refractivity contribution in [2.75, 3.05) is 39.4 Å². The molecular weight excluding hydrogens is 440 g/mol. The highest BCUT2D eigenvalue weighted by atomic mass is 16.5. The summed E-state index contributed by atoms with van der Waals surface area (Å²) in [5, 5.41) is 15.8. The normalized spacial score (nSPS) is 15.9. The van der Waals surface area contributed by atoms with Crippen molar-refractivity contribution in [3.63, 3.8) is 0 Å². The van der Waals surface area contributed by atoms with Crippen LogP contribution in [0.5, 0.6) is 11.5 Å². The second-order valence-corrected chi connectivity index (χ2v) is 8.38. The quantitative estimate of drug-likeness (QED) is 0.396. The van der Waals surface area contributed by atoms with Crippen LogP contribution in [0.3, 0.4) is 0 Å². The minimum atomic E-state index is -1.12. The van der Waals surface area contributed by atoms with Crippen molar-refractivity contribution >= 4 is 11.9 Å². The van der Waals surface area contributed by atoms with E-state index in [0.29, 0.717) is 43.5 Å². The van der Waals surface area contributed by atoms with E-state index in [9.17, 15) is 9.59 Å². The number of pyridine rings is 1. The van der Waals surface area contributed by atoms with Crippen LogP contribution in [0.25, 0.3) is 0 Å². The van der Waals surface area contributed by atoms with E-state index in [0.717, 1.165) is 45.2 Å². The van der Waals surface area contributed by atoms with Crippen LogP contribution in [0.2, 0.25) is 0 Å². The van der Waals surface area contributed by atoms with Gasteiger partial charge in [0, 0.05) is 37.7 Å². The number of carbonyl (C=O) groups is 2. The number of likely N-dealkylation sites (tertiary alicyclic amines) is 1. The molecule has 10 nitrogen and oxygen atoms in total. The number of nitrogens with zero attached hydrogens (tertiary/aromatic N) is 3. The van der Waals surface area contributed by atoms with Gasteiger partial charge in [0.05, 0.1) is 25.1 Å². The Labute approximate surface area is 199 Å². The largest absolute Gasteiger partial charge is 0.490 e. The summed E-state index contributed by atoms with van der Waals surface area (Å²) >= 11 is 0. The number of hydrogen-bond acceptors (Lipinski definition) is 8. The van der Waals surface area contributed by atoms with Crippen LogP contribution < -0.4 is 14.8 Å². The molecule has 1 atom stereocenters. The van der Waals surface area contributed by atoms with Crippen molar-refractivity contribution in [2.45, 2.75) is 51.9 Å². The Kier molecular flexibility index (Phi) is 9.69. The van der Waals surface area contributed by atoms with E-state index in [-0.39, 0.29) is 23.3 Å². The third kappa shape index (κ3) is 7.18. The highest BCUT2D eigenvalue weighted by Crippen LogP contribution is 2.28. The van der Waals surface area contributed by atoms with Gasteiger partial charge in [-0.15, -0.1) is 0 Å². The van der Waals surface area contributed by atoms with Crippen LogP contribution in [0, 0.1) is 0 Å². The van der Waals surface area contributed by atoms with Gasteiger partial charge >= 0.3 is 5.97 Å². The standard InChI is InChI=1S/C24H34N4O6/c1-3-5-11-32-20-14-19(26-15-22(20)33-12-6-4-2)23(29)25-8-10-28-9-7-17(16-28)18-13-21(24(30)31)34-27-18/h13-15,17H,3-12,16H2,1-2H3,(H,25,29)(H,30,31)/t17-/m1/s1. The molecular formula is C24H34N4O6. The number of amides is 1. The van der Waals surface area contributed by atoms with E-state index in [4.69, 9.17) is 19.1 Å². The molecule has 3 rings (SSSR count). The van der Waals surface area contributed by atoms with Gasteiger partial charge in [-0.3, -0.25) is 4.79 Å². The molecule has 0 bridgehead atoms. The van der Waals surface area contributed by atoms with Crippen molar-refractivity contribution < 1.29 is 28.7 Å². The van der Waals surface area contributed by atoms with Crippen molar-refractivity contribution in [3.8, 4) is 11.5 Å². The molecule has 0 unspecified atom stereocenters. The van der Waals surface area contributed by atoms with E-state index >= 15 is 0 Å². The van der Waals surface area contributed by atoms with E-state index in [2.05, 4.69) is 34.2 Å². The molecule has 3 heterocycles. The molecule has 34 heavy (non-hydrogen) atoms. The number of carbonyl (C=O) groups excluding carboxylic acids is 1. The summed E-state index contributed by atoms with van der Waals surface area (Å²) in [6, 6.07) is 3.13. The number of rotatable bonds is 14. The number of hydrogen-bond donors (Lipinski definition) is 2. The fourth-order valence-corrected chi connectivity index (χ4v) is 3.70. The lowest BCUT2D eigenvalue weighted by molar-refractivity contribution is 0.0651.